The Kier molecular flexibility index (Phi) is 6.30. The molecule has 4 atom stereocenters. The smallest absolute Gasteiger partial charge is 0.254 e. The highest BCUT2D eigenvalue weighted by atomic mass is 19.1. The van der Waals surface area contributed by atoms with Crippen molar-refractivity contribution in [2.75, 3.05) is 29.3 Å². The van der Waals surface area contributed by atoms with Gasteiger partial charge in [0.05, 0.1) is 29.4 Å². The number of amides is 2. The number of rotatable bonds is 6. The van der Waals surface area contributed by atoms with Crippen LogP contribution in [0.5, 0.6) is 0 Å². The van der Waals surface area contributed by atoms with Crippen molar-refractivity contribution < 1.29 is 19.1 Å². The number of halogens is 1. The molecule has 1 fully saturated rings. The molecule has 0 aromatic heterocycles. The van der Waals surface area contributed by atoms with Gasteiger partial charge in [0.1, 0.15) is 11.9 Å². The summed E-state index contributed by atoms with van der Waals surface area (Å²) >= 11 is 0. The molecular formula is C28H27FN4O3. The van der Waals surface area contributed by atoms with E-state index in [9.17, 15) is 19.1 Å². The highest BCUT2D eigenvalue weighted by molar-refractivity contribution is 6.24. The van der Waals surface area contributed by atoms with Crippen molar-refractivity contribution in [2.24, 2.45) is 5.92 Å². The average molecular weight is 487 g/mol. The number of carbonyl (C=O) groups is 2. The quantitative estimate of drug-likeness (QED) is 0.408. The van der Waals surface area contributed by atoms with Crippen molar-refractivity contribution in [3.63, 3.8) is 0 Å². The van der Waals surface area contributed by atoms with Crippen molar-refractivity contribution >= 4 is 28.9 Å². The lowest BCUT2D eigenvalue weighted by atomic mass is 9.90. The van der Waals surface area contributed by atoms with Gasteiger partial charge in [0.15, 0.2) is 0 Å². The molecule has 0 spiro atoms. The third-order valence-electron chi connectivity index (χ3n) is 6.67. The Morgan fingerprint density at radius 2 is 1.56 bits per heavy atom. The number of anilines is 3. The van der Waals surface area contributed by atoms with E-state index in [0.29, 0.717) is 11.3 Å². The molecule has 3 aromatic carbocycles. The van der Waals surface area contributed by atoms with E-state index >= 15 is 0 Å². The lowest BCUT2D eigenvalue weighted by Gasteiger charge is -2.40. The first-order valence-corrected chi connectivity index (χ1v) is 11.7. The Bertz CT molecular complexity index is 1300. The number of nitrogens with zero attached hydrogens (tertiary/aromatic N) is 3. The Morgan fingerprint density at radius 3 is 2.22 bits per heavy atom. The second-order valence-corrected chi connectivity index (χ2v) is 9.12. The molecule has 8 heteroatoms. The highest BCUT2D eigenvalue weighted by Crippen LogP contribution is 2.38. The van der Waals surface area contributed by atoms with Crippen molar-refractivity contribution in [1.29, 1.82) is 0 Å². The monoisotopic (exact) mass is 486 g/mol. The van der Waals surface area contributed by atoms with Crippen LogP contribution in [-0.2, 0) is 9.59 Å². The predicted octanol–water partition coefficient (Wildman–Crippen LogP) is 3.75. The number of fused-ring (bicyclic) bond motifs is 1. The lowest BCUT2D eigenvalue weighted by Crippen LogP contribution is -2.55. The summed E-state index contributed by atoms with van der Waals surface area (Å²) in [7, 11) is 3.85. The highest BCUT2D eigenvalue weighted by Gasteiger charge is 2.54. The summed E-state index contributed by atoms with van der Waals surface area (Å²) in [5, 5.41) is 12.9. The maximum atomic E-state index is 14.6. The van der Waals surface area contributed by atoms with Crippen LogP contribution in [0.25, 0.3) is 0 Å². The maximum Gasteiger partial charge on any atom is 0.254 e. The van der Waals surface area contributed by atoms with E-state index < -0.39 is 35.8 Å². The van der Waals surface area contributed by atoms with Crippen molar-refractivity contribution in [2.45, 2.75) is 18.2 Å². The van der Waals surface area contributed by atoms with Gasteiger partial charge in [-0.05, 0) is 42.0 Å². The van der Waals surface area contributed by atoms with Gasteiger partial charge in [0.25, 0.3) is 5.91 Å². The Balaban J connectivity index is 1.54. The molecule has 7 nitrogen and oxygen atoms in total. The molecule has 2 N–H and O–H groups in total. The molecule has 2 aliphatic rings. The summed E-state index contributed by atoms with van der Waals surface area (Å²) in [5.74, 6) is -2.10. The van der Waals surface area contributed by atoms with E-state index in [0.717, 1.165) is 10.6 Å². The first kappa shape index (κ1) is 23.7. The van der Waals surface area contributed by atoms with Crippen LogP contribution in [0.4, 0.5) is 21.5 Å². The summed E-state index contributed by atoms with van der Waals surface area (Å²) in [6, 6.07) is 20.5. The van der Waals surface area contributed by atoms with Crippen LogP contribution in [0, 0.1) is 11.7 Å². The number of aliphatic hydroxyl groups is 1. The van der Waals surface area contributed by atoms with Crippen LogP contribution in [0.2, 0.25) is 0 Å². The Hall–Kier alpha value is -4.01. The summed E-state index contributed by atoms with van der Waals surface area (Å²) in [6.07, 6.45) is 2.33. The second-order valence-electron chi connectivity index (χ2n) is 9.12. The third-order valence-corrected chi connectivity index (χ3v) is 6.67. The van der Waals surface area contributed by atoms with Gasteiger partial charge in [0, 0.05) is 19.8 Å². The molecule has 0 saturated carbocycles. The van der Waals surface area contributed by atoms with Crippen LogP contribution >= 0.6 is 0 Å². The van der Waals surface area contributed by atoms with Crippen molar-refractivity contribution in [3.05, 3.63) is 102 Å². The molecule has 2 aliphatic heterocycles. The van der Waals surface area contributed by atoms with Gasteiger partial charge >= 0.3 is 0 Å². The number of hydrogen-bond donors (Lipinski definition) is 2. The third kappa shape index (κ3) is 4.14. The number of carbonyl (C=O) groups excluding carboxylic acids is 2. The van der Waals surface area contributed by atoms with Gasteiger partial charge in [-0.2, -0.15) is 0 Å². The SMILES string of the molecule is CN(C)c1ccc(C(O)C2C=CC3C(=O)N(c4ccccc4)C(=O)C3N2Nc2ccccc2F)cc1. The Labute approximate surface area is 209 Å². The van der Waals surface area contributed by atoms with Gasteiger partial charge in [-0.1, -0.05) is 54.6 Å². The fourth-order valence-corrected chi connectivity index (χ4v) is 4.76. The normalized spacial score (nSPS) is 22.4. The van der Waals surface area contributed by atoms with Crippen molar-refractivity contribution in [3.8, 4) is 0 Å². The fraction of sp³-hybridized carbons (Fsp3) is 0.214. The van der Waals surface area contributed by atoms with Gasteiger partial charge in [-0.25, -0.2) is 14.3 Å². The molecule has 3 aromatic rings. The zero-order valence-electron chi connectivity index (χ0n) is 20.0. The summed E-state index contributed by atoms with van der Waals surface area (Å²) in [5.41, 5.74) is 5.23. The predicted molar refractivity (Wildman–Crippen MR) is 137 cm³/mol. The number of benzene rings is 3. The minimum absolute atomic E-state index is 0.144. The first-order chi connectivity index (χ1) is 17.4. The van der Waals surface area contributed by atoms with Gasteiger partial charge in [-0.3, -0.25) is 9.59 Å². The number of imide groups is 1. The Morgan fingerprint density at radius 1 is 0.889 bits per heavy atom. The van der Waals surface area contributed by atoms with Gasteiger partial charge in [-0.15, -0.1) is 0 Å². The van der Waals surface area contributed by atoms with E-state index in [1.165, 1.54) is 11.1 Å². The summed E-state index contributed by atoms with van der Waals surface area (Å²) in [4.78, 5) is 30.1. The van der Waals surface area contributed by atoms with Crippen LogP contribution in [0.3, 0.4) is 0 Å². The number of hydrogen-bond acceptors (Lipinski definition) is 6. The first-order valence-electron chi connectivity index (χ1n) is 11.7. The van der Waals surface area contributed by atoms with E-state index in [1.54, 1.807) is 54.6 Å². The van der Waals surface area contributed by atoms with Gasteiger partial charge in [0.2, 0.25) is 5.91 Å². The standard InChI is InChI=1S/C28H27FN4O3/c1-31(2)19-14-12-18(13-15-19)26(34)24-17-16-21-25(33(24)30-23-11-7-6-10-22(23)29)28(36)32(27(21)35)20-8-4-3-5-9-20/h3-17,21,24-26,30,34H,1-2H3. The molecule has 36 heavy (non-hydrogen) atoms. The minimum atomic E-state index is -1.05. The molecule has 184 valence electrons. The molecule has 2 heterocycles. The lowest BCUT2D eigenvalue weighted by molar-refractivity contribution is -0.123. The van der Waals surface area contributed by atoms with E-state index in [2.05, 4.69) is 5.43 Å². The average Bonchev–Trinajstić information content (AvgIpc) is 3.15. The van der Waals surface area contributed by atoms with Crippen molar-refractivity contribution in [1.82, 2.24) is 5.01 Å². The summed E-state index contributed by atoms with van der Waals surface area (Å²) < 4.78 is 14.6. The minimum Gasteiger partial charge on any atom is -0.386 e. The molecule has 0 aliphatic carbocycles. The van der Waals surface area contributed by atoms with Crippen LogP contribution < -0.4 is 15.2 Å². The molecule has 2 amide bonds. The van der Waals surface area contributed by atoms with Crippen LogP contribution in [0.1, 0.15) is 11.7 Å². The molecule has 0 bridgehead atoms. The van der Waals surface area contributed by atoms with Gasteiger partial charge < -0.3 is 15.4 Å². The zero-order chi connectivity index (χ0) is 25.4. The van der Waals surface area contributed by atoms with Crippen LogP contribution in [-0.4, -0.2) is 48.1 Å². The van der Waals surface area contributed by atoms with Crippen LogP contribution in [0.15, 0.2) is 91.0 Å². The number of nitrogens with one attached hydrogen (secondary N) is 1. The molecule has 4 unspecified atom stereocenters. The second kappa shape index (κ2) is 9.56. The fourth-order valence-electron chi connectivity index (χ4n) is 4.76. The largest absolute Gasteiger partial charge is 0.386 e. The van der Waals surface area contributed by atoms with E-state index in [1.807, 2.05) is 49.3 Å². The maximum absolute atomic E-state index is 14.6. The number of aliphatic hydroxyl groups excluding tert-OH is 1. The number of para-hydroxylation sites is 2. The molecular weight excluding hydrogens is 459 g/mol. The topological polar surface area (TPSA) is 76.1 Å². The van der Waals surface area contributed by atoms with E-state index in [4.69, 9.17) is 0 Å². The molecule has 0 radical (unpaired) electrons. The molecule has 5 rings (SSSR count). The summed E-state index contributed by atoms with van der Waals surface area (Å²) in [6.45, 7) is 0. The molecule has 1 saturated heterocycles. The number of hydrazine groups is 1. The zero-order valence-corrected chi connectivity index (χ0v) is 20.0. The van der Waals surface area contributed by atoms with E-state index in [-0.39, 0.29) is 11.6 Å².